The van der Waals surface area contributed by atoms with Crippen LogP contribution in [0.15, 0.2) is 0 Å². The van der Waals surface area contributed by atoms with E-state index in [1.807, 2.05) is 0 Å². The molecule has 0 spiro atoms. The van der Waals surface area contributed by atoms with Crippen LogP contribution in [0.5, 0.6) is 0 Å². The molecule has 0 aliphatic heterocycles. The van der Waals surface area contributed by atoms with E-state index in [0.29, 0.717) is 6.61 Å². The lowest BCUT2D eigenvalue weighted by atomic mass is 9.86. The van der Waals surface area contributed by atoms with E-state index in [4.69, 9.17) is 0 Å². The first-order chi connectivity index (χ1) is 7.79. The summed E-state index contributed by atoms with van der Waals surface area (Å²) in [6, 6.07) is 0.857. The SMILES string of the molecule is CCCCN(CC1(CO)CCCC1)C1CC1. The molecule has 2 heteroatoms. The van der Waals surface area contributed by atoms with Gasteiger partial charge in [0, 0.05) is 24.6 Å². The van der Waals surface area contributed by atoms with Crippen molar-refractivity contribution in [2.75, 3.05) is 19.7 Å². The lowest BCUT2D eigenvalue weighted by Gasteiger charge is -2.34. The summed E-state index contributed by atoms with van der Waals surface area (Å²) < 4.78 is 0. The van der Waals surface area contributed by atoms with Gasteiger partial charge in [-0.3, -0.25) is 4.90 Å². The van der Waals surface area contributed by atoms with Crippen LogP contribution in [0, 0.1) is 5.41 Å². The maximum absolute atomic E-state index is 9.67. The van der Waals surface area contributed by atoms with Crippen LogP contribution in [0.4, 0.5) is 0 Å². The fourth-order valence-corrected chi connectivity index (χ4v) is 3.11. The van der Waals surface area contributed by atoms with Crippen LogP contribution < -0.4 is 0 Å². The fourth-order valence-electron chi connectivity index (χ4n) is 3.11. The van der Waals surface area contributed by atoms with Gasteiger partial charge in [0.15, 0.2) is 0 Å². The van der Waals surface area contributed by atoms with Gasteiger partial charge in [-0.2, -0.15) is 0 Å². The second-order valence-electron chi connectivity index (χ2n) is 5.92. The van der Waals surface area contributed by atoms with Crippen LogP contribution in [0.2, 0.25) is 0 Å². The molecule has 1 N–H and O–H groups in total. The highest BCUT2D eigenvalue weighted by Crippen LogP contribution is 2.40. The molecule has 2 nitrogen and oxygen atoms in total. The van der Waals surface area contributed by atoms with Gasteiger partial charge >= 0.3 is 0 Å². The standard InChI is InChI=1S/C14H27NO/c1-2-3-10-15(13-6-7-13)11-14(12-16)8-4-5-9-14/h13,16H,2-12H2,1H3. The normalized spacial score (nSPS) is 24.2. The van der Waals surface area contributed by atoms with Gasteiger partial charge in [0.2, 0.25) is 0 Å². The van der Waals surface area contributed by atoms with Crippen LogP contribution in [0.3, 0.4) is 0 Å². The minimum absolute atomic E-state index is 0.260. The Hall–Kier alpha value is -0.0800. The van der Waals surface area contributed by atoms with E-state index in [1.165, 1.54) is 57.9 Å². The van der Waals surface area contributed by atoms with Crippen LogP contribution in [-0.2, 0) is 0 Å². The Morgan fingerprint density at radius 3 is 2.44 bits per heavy atom. The van der Waals surface area contributed by atoms with Crippen molar-refractivity contribution in [3.05, 3.63) is 0 Å². The molecule has 0 aromatic heterocycles. The number of hydrogen-bond acceptors (Lipinski definition) is 2. The Balaban J connectivity index is 1.87. The van der Waals surface area contributed by atoms with Crippen molar-refractivity contribution in [2.45, 2.75) is 64.3 Å². The summed E-state index contributed by atoms with van der Waals surface area (Å²) in [5.41, 5.74) is 0.260. The number of hydrogen-bond donors (Lipinski definition) is 1. The monoisotopic (exact) mass is 225 g/mol. The van der Waals surface area contributed by atoms with Gasteiger partial charge in [-0.15, -0.1) is 0 Å². The summed E-state index contributed by atoms with van der Waals surface area (Å²) in [5.74, 6) is 0. The number of rotatable bonds is 7. The Labute approximate surface area is 100 Å². The molecule has 0 heterocycles. The van der Waals surface area contributed by atoms with E-state index >= 15 is 0 Å². The summed E-state index contributed by atoms with van der Waals surface area (Å²) in [6.45, 7) is 5.09. The Morgan fingerprint density at radius 1 is 1.25 bits per heavy atom. The molecule has 0 unspecified atom stereocenters. The first kappa shape index (κ1) is 12.4. The summed E-state index contributed by atoms with van der Waals surface area (Å²) in [7, 11) is 0. The van der Waals surface area contributed by atoms with Crippen molar-refractivity contribution >= 4 is 0 Å². The number of aliphatic hydroxyl groups is 1. The third-order valence-electron chi connectivity index (χ3n) is 4.40. The summed E-state index contributed by atoms with van der Waals surface area (Å²) in [5, 5.41) is 9.67. The maximum Gasteiger partial charge on any atom is 0.0499 e. The lowest BCUT2D eigenvalue weighted by molar-refractivity contribution is 0.0739. The van der Waals surface area contributed by atoms with Gasteiger partial charge in [-0.25, -0.2) is 0 Å². The molecule has 0 aromatic rings. The van der Waals surface area contributed by atoms with Gasteiger partial charge in [-0.05, 0) is 38.6 Å². The van der Waals surface area contributed by atoms with Crippen LogP contribution in [-0.4, -0.2) is 35.7 Å². The quantitative estimate of drug-likeness (QED) is 0.720. The van der Waals surface area contributed by atoms with Crippen molar-refractivity contribution in [1.82, 2.24) is 4.90 Å². The van der Waals surface area contributed by atoms with Crippen molar-refractivity contribution in [3.8, 4) is 0 Å². The highest BCUT2D eigenvalue weighted by Gasteiger charge is 2.38. The zero-order valence-electron chi connectivity index (χ0n) is 10.7. The van der Waals surface area contributed by atoms with Crippen LogP contribution >= 0.6 is 0 Å². The van der Waals surface area contributed by atoms with Gasteiger partial charge < -0.3 is 5.11 Å². The van der Waals surface area contributed by atoms with Crippen molar-refractivity contribution < 1.29 is 5.11 Å². The van der Waals surface area contributed by atoms with E-state index < -0.39 is 0 Å². The molecule has 2 rings (SSSR count). The molecule has 0 bridgehead atoms. The van der Waals surface area contributed by atoms with Crippen LogP contribution in [0.1, 0.15) is 58.3 Å². The number of aliphatic hydroxyl groups excluding tert-OH is 1. The van der Waals surface area contributed by atoms with E-state index in [0.717, 1.165) is 12.6 Å². The first-order valence-electron chi connectivity index (χ1n) is 7.14. The molecular weight excluding hydrogens is 198 g/mol. The van der Waals surface area contributed by atoms with Crippen molar-refractivity contribution in [1.29, 1.82) is 0 Å². The summed E-state index contributed by atoms with van der Waals surface area (Å²) in [4.78, 5) is 2.67. The molecular formula is C14H27NO. The molecule has 0 atom stereocenters. The van der Waals surface area contributed by atoms with Gasteiger partial charge in [0.1, 0.15) is 0 Å². The van der Waals surface area contributed by atoms with E-state index in [1.54, 1.807) is 0 Å². The van der Waals surface area contributed by atoms with Crippen LogP contribution in [0.25, 0.3) is 0 Å². The average Bonchev–Trinajstić information content (AvgIpc) is 3.05. The fraction of sp³-hybridized carbons (Fsp3) is 1.00. The molecule has 2 fully saturated rings. The molecule has 0 saturated heterocycles. The highest BCUT2D eigenvalue weighted by molar-refractivity contribution is 4.92. The second kappa shape index (κ2) is 5.50. The molecule has 16 heavy (non-hydrogen) atoms. The van der Waals surface area contributed by atoms with Gasteiger partial charge in [0.05, 0.1) is 0 Å². The predicted molar refractivity (Wildman–Crippen MR) is 67.5 cm³/mol. The lowest BCUT2D eigenvalue weighted by Crippen LogP contribution is -2.40. The van der Waals surface area contributed by atoms with Crippen molar-refractivity contribution in [2.24, 2.45) is 5.41 Å². The zero-order chi connectivity index (χ0) is 11.4. The summed E-state index contributed by atoms with van der Waals surface area (Å²) >= 11 is 0. The third-order valence-corrected chi connectivity index (χ3v) is 4.40. The molecule has 0 amide bonds. The molecule has 0 aromatic carbocycles. The Bertz CT molecular complexity index is 207. The zero-order valence-corrected chi connectivity index (χ0v) is 10.7. The van der Waals surface area contributed by atoms with E-state index in [2.05, 4.69) is 11.8 Å². The van der Waals surface area contributed by atoms with Crippen molar-refractivity contribution in [3.63, 3.8) is 0 Å². The molecule has 2 saturated carbocycles. The van der Waals surface area contributed by atoms with Gasteiger partial charge in [0.25, 0.3) is 0 Å². The average molecular weight is 225 g/mol. The minimum Gasteiger partial charge on any atom is -0.396 e. The van der Waals surface area contributed by atoms with E-state index in [9.17, 15) is 5.11 Å². The second-order valence-corrected chi connectivity index (χ2v) is 5.92. The summed E-state index contributed by atoms with van der Waals surface area (Å²) in [6.07, 6.45) is 10.5. The topological polar surface area (TPSA) is 23.5 Å². The molecule has 0 radical (unpaired) electrons. The smallest absolute Gasteiger partial charge is 0.0499 e. The minimum atomic E-state index is 0.260. The molecule has 2 aliphatic rings. The Morgan fingerprint density at radius 2 is 1.94 bits per heavy atom. The maximum atomic E-state index is 9.67. The number of unbranched alkanes of at least 4 members (excludes halogenated alkanes) is 1. The first-order valence-corrected chi connectivity index (χ1v) is 7.14. The largest absolute Gasteiger partial charge is 0.396 e. The third kappa shape index (κ3) is 2.98. The predicted octanol–water partition coefficient (Wildman–Crippen LogP) is 2.80. The molecule has 2 aliphatic carbocycles. The Kier molecular flexibility index (Phi) is 4.26. The van der Waals surface area contributed by atoms with E-state index in [-0.39, 0.29) is 5.41 Å². The highest BCUT2D eigenvalue weighted by atomic mass is 16.3. The van der Waals surface area contributed by atoms with Gasteiger partial charge in [-0.1, -0.05) is 26.2 Å². The molecule has 94 valence electrons. The number of nitrogens with zero attached hydrogens (tertiary/aromatic N) is 1.